The molecule has 1 atom stereocenters. The summed E-state index contributed by atoms with van der Waals surface area (Å²) >= 11 is 1.89. The molecule has 4 nitrogen and oxygen atoms in total. The molecule has 0 aliphatic carbocycles. The number of hydrogen-bond donors (Lipinski definition) is 0. The van der Waals surface area contributed by atoms with Gasteiger partial charge in [-0.2, -0.15) is 5.10 Å². The number of ether oxygens (including phenoxy) is 2. The number of halogens is 3. The van der Waals surface area contributed by atoms with E-state index in [0.29, 0.717) is 15.9 Å². The van der Waals surface area contributed by atoms with Gasteiger partial charge in [0.1, 0.15) is 11.4 Å². The molecule has 0 radical (unpaired) electrons. The van der Waals surface area contributed by atoms with Crippen LogP contribution in [0.4, 0.5) is 8.78 Å². The van der Waals surface area contributed by atoms with Crippen molar-refractivity contribution in [1.29, 1.82) is 0 Å². The summed E-state index contributed by atoms with van der Waals surface area (Å²) < 4.78 is 38.2. The SMILES string of the molecule is Cn1nc(COC2CCCCO2)c(I)c1C(F)F. The summed E-state index contributed by atoms with van der Waals surface area (Å²) in [5.74, 6) is 0. The lowest BCUT2D eigenvalue weighted by Gasteiger charge is -2.22. The van der Waals surface area contributed by atoms with Crippen LogP contribution in [0.2, 0.25) is 0 Å². The Hall–Kier alpha value is -0.280. The van der Waals surface area contributed by atoms with Crippen molar-refractivity contribution >= 4 is 22.6 Å². The molecule has 1 aromatic heterocycles. The Balaban J connectivity index is 1.99. The predicted octanol–water partition coefficient (Wildman–Crippen LogP) is 3.01. The molecule has 102 valence electrons. The fourth-order valence-corrected chi connectivity index (χ4v) is 2.76. The summed E-state index contributed by atoms with van der Waals surface area (Å²) in [4.78, 5) is 0. The smallest absolute Gasteiger partial charge is 0.281 e. The first kappa shape index (κ1) is 14.1. The van der Waals surface area contributed by atoms with Crippen molar-refractivity contribution in [1.82, 2.24) is 9.78 Å². The summed E-state index contributed by atoms with van der Waals surface area (Å²) in [7, 11) is 1.52. The van der Waals surface area contributed by atoms with Gasteiger partial charge in [-0.15, -0.1) is 0 Å². The maximum atomic E-state index is 12.8. The summed E-state index contributed by atoms with van der Waals surface area (Å²) in [6, 6.07) is 0. The van der Waals surface area contributed by atoms with E-state index in [4.69, 9.17) is 9.47 Å². The minimum atomic E-state index is -2.52. The van der Waals surface area contributed by atoms with E-state index in [2.05, 4.69) is 5.10 Å². The molecule has 7 heteroatoms. The average Bonchev–Trinajstić information content (AvgIpc) is 2.63. The third-order valence-electron chi connectivity index (χ3n) is 2.85. The molecule has 1 aliphatic heterocycles. The first-order valence-corrected chi connectivity index (χ1v) is 6.90. The van der Waals surface area contributed by atoms with Crippen molar-refractivity contribution in [3.05, 3.63) is 15.0 Å². The van der Waals surface area contributed by atoms with Crippen LogP contribution < -0.4 is 0 Å². The van der Waals surface area contributed by atoms with E-state index in [-0.39, 0.29) is 18.6 Å². The van der Waals surface area contributed by atoms with E-state index in [1.165, 1.54) is 11.7 Å². The molecule has 1 aliphatic rings. The second kappa shape index (κ2) is 6.25. The number of aryl methyl sites for hydroxylation is 1. The zero-order chi connectivity index (χ0) is 13.1. The quantitative estimate of drug-likeness (QED) is 0.763. The number of rotatable bonds is 4. The molecule has 1 fully saturated rings. The topological polar surface area (TPSA) is 36.3 Å². The van der Waals surface area contributed by atoms with Gasteiger partial charge in [-0.05, 0) is 41.9 Å². The fraction of sp³-hybridized carbons (Fsp3) is 0.727. The highest BCUT2D eigenvalue weighted by molar-refractivity contribution is 14.1. The van der Waals surface area contributed by atoms with Gasteiger partial charge in [-0.1, -0.05) is 0 Å². The molecule has 0 aromatic carbocycles. The molecule has 1 saturated heterocycles. The lowest BCUT2D eigenvalue weighted by Crippen LogP contribution is -2.22. The molecule has 0 bridgehead atoms. The van der Waals surface area contributed by atoms with Crippen molar-refractivity contribution in [2.24, 2.45) is 7.05 Å². The van der Waals surface area contributed by atoms with Crippen LogP contribution in [0.5, 0.6) is 0 Å². The van der Waals surface area contributed by atoms with Gasteiger partial charge >= 0.3 is 0 Å². The van der Waals surface area contributed by atoms with Gasteiger partial charge in [0.25, 0.3) is 6.43 Å². The molecule has 0 saturated carbocycles. The molecule has 0 N–H and O–H groups in total. The van der Waals surface area contributed by atoms with E-state index in [1.807, 2.05) is 22.6 Å². The largest absolute Gasteiger partial charge is 0.353 e. The summed E-state index contributed by atoms with van der Waals surface area (Å²) in [6.45, 7) is 0.912. The van der Waals surface area contributed by atoms with Crippen molar-refractivity contribution < 1.29 is 18.3 Å². The van der Waals surface area contributed by atoms with Gasteiger partial charge in [-0.25, -0.2) is 8.78 Å². The predicted molar refractivity (Wildman–Crippen MR) is 69.3 cm³/mol. The van der Waals surface area contributed by atoms with Crippen LogP contribution in [-0.2, 0) is 23.1 Å². The van der Waals surface area contributed by atoms with Crippen LogP contribution in [-0.4, -0.2) is 22.7 Å². The zero-order valence-electron chi connectivity index (χ0n) is 10.0. The van der Waals surface area contributed by atoms with Crippen LogP contribution in [0.25, 0.3) is 0 Å². The molecule has 2 heterocycles. The molecular formula is C11H15F2IN2O2. The van der Waals surface area contributed by atoms with Gasteiger partial charge < -0.3 is 9.47 Å². The van der Waals surface area contributed by atoms with E-state index < -0.39 is 6.43 Å². The monoisotopic (exact) mass is 372 g/mol. The van der Waals surface area contributed by atoms with Crippen LogP contribution in [0.3, 0.4) is 0 Å². The molecule has 0 amide bonds. The van der Waals surface area contributed by atoms with E-state index in [0.717, 1.165) is 19.3 Å². The summed E-state index contributed by atoms with van der Waals surface area (Å²) in [6.07, 6.45) is 0.231. The number of aromatic nitrogens is 2. The highest BCUT2D eigenvalue weighted by atomic mass is 127. The lowest BCUT2D eigenvalue weighted by atomic mass is 10.2. The molecular weight excluding hydrogens is 357 g/mol. The summed E-state index contributed by atoms with van der Waals surface area (Å²) in [5.41, 5.74) is 0.487. The maximum Gasteiger partial charge on any atom is 0.281 e. The zero-order valence-corrected chi connectivity index (χ0v) is 12.2. The van der Waals surface area contributed by atoms with Crippen molar-refractivity contribution in [3.8, 4) is 0 Å². The van der Waals surface area contributed by atoms with Gasteiger partial charge in [0, 0.05) is 13.7 Å². The third-order valence-corrected chi connectivity index (χ3v) is 4.02. The lowest BCUT2D eigenvalue weighted by molar-refractivity contribution is -0.169. The Bertz CT molecular complexity index is 406. The number of alkyl halides is 2. The van der Waals surface area contributed by atoms with Gasteiger partial charge in [-0.3, -0.25) is 4.68 Å². The molecule has 1 unspecified atom stereocenters. The van der Waals surface area contributed by atoms with E-state index in [1.54, 1.807) is 0 Å². The van der Waals surface area contributed by atoms with Gasteiger partial charge in [0.15, 0.2) is 6.29 Å². The third kappa shape index (κ3) is 3.18. The minimum absolute atomic E-state index is 0.0567. The standard InChI is InChI=1S/C11H15F2IN2O2/c1-16-10(11(12)13)9(14)7(15-16)6-18-8-4-2-3-5-17-8/h8,11H,2-6H2,1H3. The molecule has 2 rings (SSSR count). The Morgan fingerprint density at radius 3 is 2.89 bits per heavy atom. The first-order valence-electron chi connectivity index (χ1n) is 5.82. The first-order chi connectivity index (χ1) is 8.59. The van der Waals surface area contributed by atoms with Crippen molar-refractivity contribution in [3.63, 3.8) is 0 Å². The van der Waals surface area contributed by atoms with Gasteiger partial charge in [0.2, 0.25) is 0 Å². The van der Waals surface area contributed by atoms with Crippen LogP contribution in [0.15, 0.2) is 0 Å². The van der Waals surface area contributed by atoms with Crippen LogP contribution >= 0.6 is 22.6 Å². The Morgan fingerprint density at radius 2 is 2.33 bits per heavy atom. The maximum absolute atomic E-state index is 12.8. The summed E-state index contributed by atoms with van der Waals surface area (Å²) in [5, 5.41) is 4.06. The minimum Gasteiger partial charge on any atom is -0.353 e. The second-order valence-corrected chi connectivity index (χ2v) is 5.26. The Labute approximate surface area is 118 Å². The van der Waals surface area contributed by atoms with Crippen molar-refractivity contribution in [2.45, 2.75) is 38.6 Å². The Morgan fingerprint density at radius 1 is 1.56 bits per heavy atom. The number of hydrogen-bond acceptors (Lipinski definition) is 3. The normalized spacial score (nSPS) is 20.6. The van der Waals surface area contributed by atoms with E-state index in [9.17, 15) is 8.78 Å². The van der Waals surface area contributed by atoms with Crippen LogP contribution in [0.1, 0.15) is 37.1 Å². The molecule has 0 spiro atoms. The highest BCUT2D eigenvalue weighted by Gasteiger charge is 2.22. The highest BCUT2D eigenvalue weighted by Crippen LogP contribution is 2.27. The number of nitrogens with zero attached hydrogens (tertiary/aromatic N) is 2. The van der Waals surface area contributed by atoms with Crippen LogP contribution in [0, 0.1) is 3.57 Å². The van der Waals surface area contributed by atoms with Crippen molar-refractivity contribution in [2.75, 3.05) is 6.61 Å². The second-order valence-electron chi connectivity index (χ2n) is 4.18. The Kier molecular flexibility index (Phi) is 4.91. The molecule has 1 aromatic rings. The van der Waals surface area contributed by atoms with E-state index >= 15 is 0 Å². The van der Waals surface area contributed by atoms with Gasteiger partial charge in [0.05, 0.1) is 10.2 Å². The molecule has 18 heavy (non-hydrogen) atoms. The fourth-order valence-electron chi connectivity index (χ4n) is 1.91. The average molecular weight is 372 g/mol.